The Bertz CT molecular complexity index is 409. The summed E-state index contributed by atoms with van der Waals surface area (Å²) in [5.74, 6) is -1.01. The average Bonchev–Trinajstić information content (AvgIpc) is 2.77. The smallest absolute Gasteiger partial charge is 0.311 e. The van der Waals surface area contributed by atoms with E-state index < -0.39 is 5.79 Å². The third-order valence-electron chi connectivity index (χ3n) is 3.17. The molecule has 1 aromatic carbocycles. The second-order valence-corrected chi connectivity index (χ2v) is 4.38. The van der Waals surface area contributed by atoms with Crippen molar-refractivity contribution in [1.82, 2.24) is 0 Å². The summed E-state index contributed by atoms with van der Waals surface area (Å²) < 4.78 is 16.5. The van der Waals surface area contributed by atoms with Crippen molar-refractivity contribution >= 4 is 5.97 Å². The third-order valence-corrected chi connectivity index (χ3v) is 3.17. The summed E-state index contributed by atoms with van der Waals surface area (Å²) in [7, 11) is 0. The molecule has 2 heterocycles. The molecule has 4 heteroatoms. The van der Waals surface area contributed by atoms with Crippen LogP contribution in [0.3, 0.4) is 0 Å². The highest BCUT2D eigenvalue weighted by atomic mass is 16.7. The first-order valence-corrected chi connectivity index (χ1v) is 5.80. The highest BCUT2D eigenvalue weighted by molar-refractivity contribution is 5.71. The fourth-order valence-corrected chi connectivity index (χ4v) is 2.39. The molecule has 0 amide bonds. The third kappa shape index (κ3) is 2.06. The molecular weight excluding hydrogens is 220 g/mol. The Morgan fingerprint density at radius 3 is 2.53 bits per heavy atom. The maximum absolute atomic E-state index is 11.6. The van der Waals surface area contributed by atoms with Crippen LogP contribution in [0.5, 0.6) is 0 Å². The van der Waals surface area contributed by atoms with Gasteiger partial charge < -0.3 is 14.2 Å². The van der Waals surface area contributed by atoms with Crippen molar-refractivity contribution in [2.45, 2.75) is 24.7 Å². The molecule has 0 radical (unpaired) electrons. The Morgan fingerprint density at radius 2 is 1.82 bits per heavy atom. The Kier molecular flexibility index (Phi) is 2.61. The average molecular weight is 234 g/mol. The van der Waals surface area contributed by atoms with Gasteiger partial charge in [0.2, 0.25) is 0 Å². The molecule has 0 aromatic heterocycles. The lowest BCUT2D eigenvalue weighted by atomic mass is 9.96. The number of benzene rings is 1. The van der Waals surface area contributed by atoms with Crippen molar-refractivity contribution in [3.05, 3.63) is 35.9 Å². The first-order valence-electron chi connectivity index (χ1n) is 5.80. The number of rotatable bonds is 1. The number of carbonyl (C=O) groups is 1. The monoisotopic (exact) mass is 234 g/mol. The van der Waals surface area contributed by atoms with Crippen molar-refractivity contribution in [2.24, 2.45) is 0 Å². The van der Waals surface area contributed by atoms with Crippen LogP contribution in [0.15, 0.2) is 30.3 Å². The van der Waals surface area contributed by atoms with E-state index in [0.29, 0.717) is 19.6 Å². The molecule has 0 N–H and O–H groups in total. The van der Waals surface area contributed by atoms with Crippen LogP contribution >= 0.6 is 0 Å². The molecule has 1 unspecified atom stereocenters. The van der Waals surface area contributed by atoms with Crippen molar-refractivity contribution in [3.63, 3.8) is 0 Å². The van der Waals surface area contributed by atoms with Crippen LogP contribution in [0.2, 0.25) is 0 Å². The summed E-state index contributed by atoms with van der Waals surface area (Å²) >= 11 is 0. The van der Waals surface area contributed by atoms with E-state index in [4.69, 9.17) is 14.2 Å². The number of hydrogen-bond donors (Lipinski definition) is 0. The van der Waals surface area contributed by atoms with Crippen LogP contribution in [0.25, 0.3) is 0 Å². The predicted octanol–water partition coefficient (Wildman–Crippen LogP) is 1.81. The summed E-state index contributed by atoms with van der Waals surface area (Å²) in [5, 5.41) is 0. The van der Waals surface area contributed by atoms with Crippen molar-refractivity contribution in [2.75, 3.05) is 13.2 Å². The van der Waals surface area contributed by atoms with E-state index >= 15 is 0 Å². The Labute approximate surface area is 99.5 Å². The Balaban J connectivity index is 1.84. The molecule has 2 aliphatic heterocycles. The van der Waals surface area contributed by atoms with Crippen LogP contribution in [-0.2, 0) is 19.0 Å². The van der Waals surface area contributed by atoms with Gasteiger partial charge in [-0.25, -0.2) is 0 Å². The molecule has 2 saturated heterocycles. The van der Waals surface area contributed by atoms with E-state index in [9.17, 15) is 4.79 Å². The van der Waals surface area contributed by atoms with E-state index in [0.717, 1.165) is 5.56 Å². The van der Waals surface area contributed by atoms with Crippen LogP contribution in [0.1, 0.15) is 24.5 Å². The van der Waals surface area contributed by atoms with E-state index in [2.05, 4.69) is 0 Å². The number of esters is 1. The minimum Gasteiger partial charge on any atom is -0.457 e. The second-order valence-electron chi connectivity index (χ2n) is 4.38. The Hall–Kier alpha value is -1.39. The van der Waals surface area contributed by atoms with Gasteiger partial charge in [-0.1, -0.05) is 30.3 Å². The summed E-state index contributed by atoms with van der Waals surface area (Å²) in [6.07, 6.45) is 0.495. The molecule has 1 aromatic rings. The molecule has 4 nitrogen and oxygen atoms in total. The van der Waals surface area contributed by atoms with Gasteiger partial charge >= 0.3 is 5.97 Å². The first kappa shape index (κ1) is 10.7. The van der Waals surface area contributed by atoms with Gasteiger partial charge in [0.05, 0.1) is 19.6 Å². The molecule has 90 valence electrons. The summed E-state index contributed by atoms with van der Waals surface area (Å²) in [4.78, 5) is 11.6. The normalized spacial score (nSPS) is 27.1. The predicted molar refractivity (Wildman–Crippen MR) is 59.1 cm³/mol. The van der Waals surface area contributed by atoms with Crippen LogP contribution in [0.4, 0.5) is 0 Å². The van der Waals surface area contributed by atoms with Crippen LogP contribution in [-0.4, -0.2) is 25.0 Å². The zero-order valence-corrected chi connectivity index (χ0v) is 9.43. The van der Waals surface area contributed by atoms with Gasteiger partial charge in [0, 0.05) is 6.42 Å². The molecule has 2 fully saturated rings. The highest BCUT2D eigenvalue weighted by Crippen LogP contribution is 2.40. The van der Waals surface area contributed by atoms with E-state index in [1.165, 1.54) is 0 Å². The van der Waals surface area contributed by atoms with Crippen molar-refractivity contribution in [1.29, 1.82) is 0 Å². The van der Waals surface area contributed by atoms with E-state index in [-0.39, 0.29) is 18.5 Å². The topological polar surface area (TPSA) is 44.8 Å². The van der Waals surface area contributed by atoms with Gasteiger partial charge in [0.1, 0.15) is 6.10 Å². The van der Waals surface area contributed by atoms with Gasteiger partial charge in [-0.15, -0.1) is 0 Å². The molecule has 0 saturated carbocycles. The van der Waals surface area contributed by atoms with Crippen LogP contribution < -0.4 is 0 Å². The zero-order valence-electron chi connectivity index (χ0n) is 9.43. The van der Waals surface area contributed by atoms with Crippen LogP contribution in [0, 0.1) is 0 Å². The molecule has 0 bridgehead atoms. The Morgan fingerprint density at radius 1 is 1.12 bits per heavy atom. The minimum absolute atomic E-state index is 0.191. The lowest BCUT2D eigenvalue weighted by Gasteiger charge is -2.35. The fraction of sp³-hybridized carbons (Fsp3) is 0.462. The van der Waals surface area contributed by atoms with Gasteiger partial charge in [-0.3, -0.25) is 4.79 Å². The van der Waals surface area contributed by atoms with Crippen molar-refractivity contribution < 1.29 is 19.0 Å². The number of cyclic esters (lactones) is 1. The molecule has 3 rings (SSSR count). The lowest BCUT2D eigenvalue weighted by molar-refractivity contribution is -0.221. The molecular formula is C13H14O4. The number of hydrogen-bond acceptors (Lipinski definition) is 4. The molecule has 2 aliphatic rings. The standard InChI is InChI=1S/C13H14O4/c14-12-9-13(15-6-7-16-13)8-11(17-12)10-4-2-1-3-5-10/h1-5,11H,6-9H2. The van der Waals surface area contributed by atoms with Gasteiger partial charge in [0.15, 0.2) is 5.79 Å². The van der Waals surface area contributed by atoms with Gasteiger partial charge in [-0.2, -0.15) is 0 Å². The fourth-order valence-electron chi connectivity index (χ4n) is 2.39. The molecule has 0 aliphatic carbocycles. The molecule has 17 heavy (non-hydrogen) atoms. The summed E-state index contributed by atoms with van der Waals surface area (Å²) in [6.45, 7) is 1.10. The SMILES string of the molecule is O=C1CC2(CC(c3ccccc3)O1)OCCO2. The first-order chi connectivity index (χ1) is 8.27. The maximum Gasteiger partial charge on any atom is 0.311 e. The quantitative estimate of drug-likeness (QED) is 0.695. The van der Waals surface area contributed by atoms with Crippen molar-refractivity contribution in [3.8, 4) is 0 Å². The number of ether oxygens (including phenoxy) is 3. The van der Waals surface area contributed by atoms with Gasteiger partial charge in [-0.05, 0) is 5.56 Å². The van der Waals surface area contributed by atoms with E-state index in [1.54, 1.807) is 0 Å². The molecule has 1 atom stereocenters. The van der Waals surface area contributed by atoms with Gasteiger partial charge in [0.25, 0.3) is 0 Å². The summed E-state index contributed by atoms with van der Waals surface area (Å²) in [6, 6.07) is 9.70. The minimum atomic E-state index is -0.754. The second kappa shape index (κ2) is 4.13. The maximum atomic E-state index is 11.6. The number of carbonyl (C=O) groups excluding carboxylic acids is 1. The molecule has 1 spiro atoms. The largest absolute Gasteiger partial charge is 0.457 e. The van der Waals surface area contributed by atoms with E-state index in [1.807, 2.05) is 30.3 Å². The lowest BCUT2D eigenvalue weighted by Crippen LogP contribution is -2.41. The summed E-state index contributed by atoms with van der Waals surface area (Å²) in [5.41, 5.74) is 0.985. The zero-order chi connectivity index (χ0) is 11.7. The highest BCUT2D eigenvalue weighted by Gasteiger charge is 2.46.